The van der Waals surface area contributed by atoms with Gasteiger partial charge in [-0.05, 0) is 39.3 Å². The summed E-state index contributed by atoms with van der Waals surface area (Å²) < 4.78 is 7.42. The van der Waals surface area contributed by atoms with Gasteiger partial charge >= 0.3 is 0 Å². The van der Waals surface area contributed by atoms with Gasteiger partial charge in [0.2, 0.25) is 0 Å². The monoisotopic (exact) mass is 265 g/mol. The van der Waals surface area contributed by atoms with Gasteiger partial charge in [-0.1, -0.05) is 19.9 Å². The van der Waals surface area contributed by atoms with Gasteiger partial charge in [0.25, 0.3) is 0 Å². The molecule has 0 saturated carbocycles. The zero-order valence-corrected chi connectivity index (χ0v) is 13.0. The third-order valence-electron chi connectivity index (χ3n) is 2.99. The number of hydrogen-bond donors (Lipinski definition) is 1. The van der Waals surface area contributed by atoms with Crippen molar-refractivity contribution in [1.82, 2.24) is 15.1 Å². The summed E-state index contributed by atoms with van der Waals surface area (Å²) in [4.78, 5) is 0. The first-order valence-corrected chi connectivity index (χ1v) is 6.99. The van der Waals surface area contributed by atoms with Crippen LogP contribution >= 0.6 is 0 Å². The normalized spacial score (nSPS) is 12.5. The van der Waals surface area contributed by atoms with Crippen molar-refractivity contribution in [3.8, 4) is 5.75 Å². The average Bonchev–Trinajstić information content (AvgIpc) is 2.77. The zero-order valence-electron chi connectivity index (χ0n) is 13.0. The van der Waals surface area contributed by atoms with Gasteiger partial charge in [-0.15, -0.1) is 0 Å². The van der Waals surface area contributed by atoms with Crippen LogP contribution < -0.4 is 10.1 Å². The fourth-order valence-electron chi connectivity index (χ4n) is 2.02. The molecule has 1 aromatic heterocycles. The van der Waals surface area contributed by atoms with E-state index >= 15 is 0 Å². The molecule has 0 amide bonds. The number of aromatic nitrogens is 2. The predicted octanol–water partition coefficient (Wildman–Crippen LogP) is 3.26. The lowest BCUT2D eigenvalue weighted by atomic mass is 10.1. The number of methoxy groups -OCH3 is 1. The van der Waals surface area contributed by atoms with E-state index in [-0.39, 0.29) is 0 Å². The molecule has 0 saturated heterocycles. The first-order valence-electron chi connectivity index (χ1n) is 6.99. The maximum Gasteiger partial charge on any atom is 0.164 e. The zero-order chi connectivity index (χ0) is 14.4. The lowest BCUT2D eigenvalue weighted by molar-refractivity contribution is 0.410. The van der Waals surface area contributed by atoms with Crippen molar-refractivity contribution in [1.29, 1.82) is 0 Å². The maximum absolute atomic E-state index is 5.40. The number of allylic oxidation sites excluding steroid dienone is 1. The van der Waals surface area contributed by atoms with Gasteiger partial charge in [0.1, 0.15) is 5.69 Å². The Morgan fingerprint density at radius 1 is 1.42 bits per heavy atom. The van der Waals surface area contributed by atoms with E-state index < -0.39 is 0 Å². The fourth-order valence-corrected chi connectivity index (χ4v) is 2.02. The summed E-state index contributed by atoms with van der Waals surface area (Å²) in [5.74, 6) is 0.847. The molecule has 1 N–H and O–H groups in total. The summed E-state index contributed by atoms with van der Waals surface area (Å²) in [5, 5.41) is 7.81. The minimum atomic E-state index is 0.330. The van der Waals surface area contributed by atoms with Crippen LogP contribution in [-0.4, -0.2) is 29.5 Å². The van der Waals surface area contributed by atoms with Crippen molar-refractivity contribution >= 4 is 5.57 Å². The largest absolute Gasteiger partial charge is 0.493 e. The Morgan fingerprint density at radius 2 is 2.11 bits per heavy atom. The van der Waals surface area contributed by atoms with Crippen molar-refractivity contribution in [3.63, 3.8) is 0 Å². The number of hydrogen-bond acceptors (Lipinski definition) is 3. The highest BCUT2D eigenvalue weighted by atomic mass is 16.5. The minimum Gasteiger partial charge on any atom is -0.493 e. The van der Waals surface area contributed by atoms with Gasteiger partial charge in [-0.25, -0.2) is 0 Å². The van der Waals surface area contributed by atoms with Gasteiger partial charge in [0.15, 0.2) is 5.75 Å². The van der Waals surface area contributed by atoms with Crippen molar-refractivity contribution < 1.29 is 4.74 Å². The Kier molecular flexibility index (Phi) is 6.09. The number of ether oxygens (including phenoxy) is 1. The van der Waals surface area contributed by atoms with Crippen LogP contribution in [0.2, 0.25) is 0 Å². The van der Waals surface area contributed by atoms with E-state index in [2.05, 4.69) is 51.1 Å². The smallest absolute Gasteiger partial charge is 0.164 e. The highest BCUT2D eigenvalue weighted by Crippen LogP contribution is 2.28. The summed E-state index contributed by atoms with van der Waals surface area (Å²) in [5.41, 5.74) is 2.30. The third-order valence-corrected chi connectivity index (χ3v) is 2.99. The Balaban J connectivity index is 2.82. The van der Waals surface area contributed by atoms with Crippen LogP contribution in [0.5, 0.6) is 5.75 Å². The van der Waals surface area contributed by atoms with Crippen LogP contribution in [0.1, 0.15) is 52.8 Å². The molecule has 0 aliphatic heterocycles. The van der Waals surface area contributed by atoms with E-state index in [1.165, 1.54) is 5.57 Å². The fraction of sp³-hybridized carbons (Fsp3) is 0.667. The molecule has 0 aromatic carbocycles. The molecule has 0 aliphatic rings. The van der Waals surface area contributed by atoms with Crippen LogP contribution in [0.3, 0.4) is 0 Å². The van der Waals surface area contributed by atoms with Crippen molar-refractivity contribution in [2.45, 2.75) is 53.1 Å². The molecule has 108 valence electrons. The summed E-state index contributed by atoms with van der Waals surface area (Å²) in [6, 6.07) is 0.862. The minimum absolute atomic E-state index is 0.330. The van der Waals surface area contributed by atoms with Gasteiger partial charge in [-0.2, -0.15) is 5.10 Å². The molecule has 1 aromatic rings. The van der Waals surface area contributed by atoms with Crippen molar-refractivity contribution in [2.75, 3.05) is 13.7 Å². The Hall–Kier alpha value is -1.29. The molecular weight excluding hydrogens is 238 g/mol. The lowest BCUT2D eigenvalue weighted by Crippen LogP contribution is -2.23. The summed E-state index contributed by atoms with van der Waals surface area (Å²) in [6.45, 7) is 11.7. The quantitative estimate of drug-likeness (QED) is 0.769. The molecule has 1 heterocycles. The van der Waals surface area contributed by atoms with Crippen LogP contribution in [0, 0.1) is 0 Å². The Labute approximate surface area is 116 Å². The van der Waals surface area contributed by atoms with Gasteiger partial charge in [0, 0.05) is 12.1 Å². The molecule has 0 unspecified atom stereocenters. The summed E-state index contributed by atoms with van der Waals surface area (Å²) in [6.07, 6.45) is 5.04. The number of nitrogens with zero attached hydrogens (tertiary/aromatic N) is 2. The molecule has 4 heteroatoms. The maximum atomic E-state index is 5.40. The molecule has 0 spiro atoms. The predicted molar refractivity (Wildman–Crippen MR) is 80.6 cm³/mol. The Morgan fingerprint density at radius 3 is 2.63 bits per heavy atom. The number of rotatable bonds is 7. The van der Waals surface area contributed by atoms with Crippen LogP contribution in [0.15, 0.2) is 12.3 Å². The molecule has 0 fully saturated rings. The van der Waals surface area contributed by atoms with Gasteiger partial charge in [-0.3, -0.25) is 4.68 Å². The van der Waals surface area contributed by atoms with Crippen LogP contribution in [-0.2, 0) is 0 Å². The molecule has 4 nitrogen and oxygen atoms in total. The molecule has 19 heavy (non-hydrogen) atoms. The second-order valence-corrected chi connectivity index (χ2v) is 5.38. The van der Waals surface area contributed by atoms with Crippen LogP contribution in [0.4, 0.5) is 0 Å². The standard InChI is InChI=1S/C15H27N3O/c1-11(2)16-9-7-8-13(5)15-14(19-6)10-17-18(15)12(3)4/h8,10-12,16H,7,9H2,1-6H3. The van der Waals surface area contributed by atoms with Crippen molar-refractivity contribution in [3.05, 3.63) is 18.0 Å². The second kappa shape index (κ2) is 7.34. The van der Waals surface area contributed by atoms with Gasteiger partial charge in [0.05, 0.1) is 13.3 Å². The number of nitrogens with one attached hydrogen (secondary N) is 1. The Bertz CT molecular complexity index is 419. The first kappa shape index (κ1) is 15.8. The molecule has 0 atom stereocenters. The highest BCUT2D eigenvalue weighted by molar-refractivity contribution is 5.66. The third kappa shape index (κ3) is 4.39. The molecule has 0 aliphatic carbocycles. The lowest BCUT2D eigenvalue weighted by Gasteiger charge is -2.13. The second-order valence-electron chi connectivity index (χ2n) is 5.38. The molecule has 1 rings (SSSR count). The van der Waals surface area contributed by atoms with E-state index in [1.54, 1.807) is 13.3 Å². The van der Waals surface area contributed by atoms with E-state index in [4.69, 9.17) is 4.74 Å². The average molecular weight is 265 g/mol. The topological polar surface area (TPSA) is 39.1 Å². The SMILES string of the molecule is COc1cnn(C(C)C)c1C(C)=CCCNC(C)C. The van der Waals surface area contributed by atoms with Crippen LogP contribution in [0.25, 0.3) is 5.57 Å². The van der Waals surface area contributed by atoms with E-state index in [9.17, 15) is 0 Å². The van der Waals surface area contributed by atoms with Gasteiger partial charge < -0.3 is 10.1 Å². The first-order chi connectivity index (χ1) is 8.97. The highest BCUT2D eigenvalue weighted by Gasteiger charge is 2.14. The van der Waals surface area contributed by atoms with E-state index in [1.807, 2.05) is 4.68 Å². The molecule has 0 radical (unpaired) electrons. The molecule has 0 bridgehead atoms. The van der Waals surface area contributed by atoms with E-state index in [0.717, 1.165) is 24.4 Å². The molecular formula is C15H27N3O. The van der Waals surface area contributed by atoms with E-state index in [0.29, 0.717) is 12.1 Å². The summed E-state index contributed by atoms with van der Waals surface area (Å²) in [7, 11) is 1.69. The summed E-state index contributed by atoms with van der Waals surface area (Å²) >= 11 is 0. The van der Waals surface area contributed by atoms with Crippen molar-refractivity contribution in [2.24, 2.45) is 0 Å².